The fraction of sp³-hybridized carbons (Fsp3) is 0.333. The number of carbonyl (C=O) groups is 1. The van der Waals surface area contributed by atoms with Crippen molar-refractivity contribution in [1.29, 1.82) is 0 Å². The van der Waals surface area contributed by atoms with E-state index in [2.05, 4.69) is 10.3 Å². The third-order valence-electron chi connectivity index (χ3n) is 5.09. The molecule has 0 radical (unpaired) electrons. The number of amides is 1. The van der Waals surface area contributed by atoms with Gasteiger partial charge in [-0.1, -0.05) is 18.2 Å². The van der Waals surface area contributed by atoms with Crippen molar-refractivity contribution in [3.63, 3.8) is 0 Å². The van der Waals surface area contributed by atoms with Crippen LogP contribution in [0.3, 0.4) is 0 Å². The van der Waals surface area contributed by atoms with Crippen molar-refractivity contribution in [1.82, 2.24) is 15.2 Å². The molecule has 1 amide bonds. The molecule has 6 nitrogen and oxygen atoms in total. The summed E-state index contributed by atoms with van der Waals surface area (Å²) in [5, 5.41) is 3.50. The number of pyridine rings is 1. The zero-order valence-electron chi connectivity index (χ0n) is 18.7. The van der Waals surface area contributed by atoms with Crippen molar-refractivity contribution in [2.45, 2.75) is 12.6 Å². The highest BCUT2D eigenvalue weighted by molar-refractivity contribution is 6.07. The number of fused-ring (bicyclic) bond motifs is 1. The van der Waals surface area contributed by atoms with Gasteiger partial charge in [-0.05, 0) is 50.3 Å². The van der Waals surface area contributed by atoms with Crippen LogP contribution in [0.4, 0.5) is 13.2 Å². The monoisotopic (exact) mass is 461 g/mol. The van der Waals surface area contributed by atoms with Crippen LogP contribution < -0.4 is 14.8 Å². The van der Waals surface area contributed by atoms with E-state index in [9.17, 15) is 18.0 Å². The zero-order chi connectivity index (χ0) is 24.0. The van der Waals surface area contributed by atoms with E-state index in [-0.39, 0.29) is 19.0 Å². The third kappa shape index (κ3) is 6.35. The van der Waals surface area contributed by atoms with Gasteiger partial charge >= 0.3 is 6.18 Å². The van der Waals surface area contributed by atoms with Crippen LogP contribution in [0.2, 0.25) is 0 Å². The highest BCUT2D eigenvalue weighted by Gasteiger charge is 2.28. The Bertz CT molecular complexity index is 1120. The summed E-state index contributed by atoms with van der Waals surface area (Å²) in [4.78, 5) is 18.8. The summed E-state index contributed by atoms with van der Waals surface area (Å²) in [5.74, 6) is 0.809. The standard InChI is InChI=1S/C24H26F3N3O3/c1-30(15-24(25,26)27)12-6-11-28-23(31)18-14-20(29-19-8-5-4-7-17(18)19)16-9-10-21(32-2)22(13-16)33-3/h4-5,7-10,13-14H,6,11-12,15H2,1-3H3,(H,28,31). The van der Waals surface area contributed by atoms with Gasteiger partial charge in [0, 0.05) is 17.5 Å². The minimum Gasteiger partial charge on any atom is -0.493 e. The maximum absolute atomic E-state index is 13.0. The minimum absolute atomic E-state index is 0.216. The molecule has 0 saturated carbocycles. The topological polar surface area (TPSA) is 63.7 Å². The fourth-order valence-electron chi connectivity index (χ4n) is 3.54. The molecule has 3 rings (SSSR count). The fourth-order valence-corrected chi connectivity index (χ4v) is 3.54. The number of rotatable bonds is 9. The molecule has 176 valence electrons. The van der Waals surface area contributed by atoms with Crippen molar-refractivity contribution in [2.75, 3.05) is 40.9 Å². The zero-order valence-corrected chi connectivity index (χ0v) is 18.7. The number of para-hydroxylation sites is 1. The SMILES string of the molecule is COc1ccc(-c2cc(C(=O)NCCCN(C)CC(F)(F)F)c3ccccc3n2)cc1OC. The second-order valence-corrected chi connectivity index (χ2v) is 7.60. The lowest BCUT2D eigenvalue weighted by molar-refractivity contribution is -0.143. The Balaban J connectivity index is 1.80. The summed E-state index contributed by atoms with van der Waals surface area (Å²) in [7, 11) is 4.50. The molecule has 1 heterocycles. The van der Waals surface area contributed by atoms with Gasteiger partial charge in [0.25, 0.3) is 5.91 Å². The van der Waals surface area contributed by atoms with E-state index in [0.29, 0.717) is 40.1 Å². The molecule has 0 saturated heterocycles. The first-order valence-electron chi connectivity index (χ1n) is 10.4. The van der Waals surface area contributed by atoms with Crippen LogP contribution in [-0.2, 0) is 0 Å². The Morgan fingerprint density at radius 3 is 2.48 bits per heavy atom. The number of methoxy groups -OCH3 is 2. The smallest absolute Gasteiger partial charge is 0.401 e. The number of ether oxygens (including phenoxy) is 2. The second kappa shape index (κ2) is 10.5. The van der Waals surface area contributed by atoms with Gasteiger partial charge in [-0.25, -0.2) is 4.98 Å². The highest BCUT2D eigenvalue weighted by atomic mass is 19.4. The van der Waals surface area contributed by atoms with Crippen molar-refractivity contribution >= 4 is 16.8 Å². The van der Waals surface area contributed by atoms with Gasteiger partial charge in [0.15, 0.2) is 11.5 Å². The van der Waals surface area contributed by atoms with Gasteiger partial charge < -0.3 is 14.8 Å². The summed E-state index contributed by atoms with van der Waals surface area (Å²) in [5.41, 5.74) is 2.43. The van der Waals surface area contributed by atoms with Crippen molar-refractivity contribution in [3.05, 3.63) is 54.1 Å². The van der Waals surface area contributed by atoms with E-state index in [1.807, 2.05) is 30.3 Å². The van der Waals surface area contributed by atoms with Gasteiger partial charge in [0.1, 0.15) is 0 Å². The largest absolute Gasteiger partial charge is 0.493 e. The van der Waals surface area contributed by atoms with Crippen molar-refractivity contribution in [3.8, 4) is 22.8 Å². The average Bonchev–Trinajstić information content (AvgIpc) is 2.79. The summed E-state index contributed by atoms with van der Waals surface area (Å²) in [6, 6.07) is 14.4. The summed E-state index contributed by atoms with van der Waals surface area (Å²) in [6.45, 7) is -0.512. The van der Waals surface area contributed by atoms with Crippen LogP contribution in [-0.4, -0.2) is 62.9 Å². The number of halogens is 3. The van der Waals surface area contributed by atoms with E-state index < -0.39 is 12.7 Å². The number of hydrogen-bond donors (Lipinski definition) is 1. The third-order valence-corrected chi connectivity index (χ3v) is 5.09. The first-order valence-corrected chi connectivity index (χ1v) is 10.4. The molecule has 3 aromatic rings. The van der Waals surface area contributed by atoms with Gasteiger partial charge in [-0.2, -0.15) is 13.2 Å². The predicted octanol–water partition coefficient (Wildman–Crippen LogP) is 4.53. The van der Waals surface area contributed by atoms with E-state index in [0.717, 1.165) is 5.56 Å². The highest BCUT2D eigenvalue weighted by Crippen LogP contribution is 2.33. The number of nitrogens with zero attached hydrogens (tertiary/aromatic N) is 2. The molecule has 0 bridgehead atoms. The van der Waals surface area contributed by atoms with Crippen LogP contribution in [0.1, 0.15) is 16.8 Å². The summed E-state index contributed by atoms with van der Waals surface area (Å²) < 4.78 is 48.0. The Kier molecular flexibility index (Phi) is 7.75. The number of alkyl halides is 3. The second-order valence-electron chi connectivity index (χ2n) is 7.60. The Morgan fingerprint density at radius 2 is 1.79 bits per heavy atom. The molecule has 0 atom stereocenters. The number of benzene rings is 2. The molecule has 0 unspecified atom stereocenters. The van der Waals surface area contributed by atoms with E-state index >= 15 is 0 Å². The first-order chi connectivity index (χ1) is 15.7. The minimum atomic E-state index is -4.24. The predicted molar refractivity (Wildman–Crippen MR) is 121 cm³/mol. The molecular formula is C24H26F3N3O3. The van der Waals surface area contributed by atoms with Gasteiger partial charge in [0.2, 0.25) is 0 Å². The van der Waals surface area contributed by atoms with Gasteiger partial charge in [-0.15, -0.1) is 0 Å². The maximum Gasteiger partial charge on any atom is 0.401 e. The number of hydrogen-bond acceptors (Lipinski definition) is 5. The van der Waals surface area contributed by atoms with E-state index in [1.54, 1.807) is 32.4 Å². The van der Waals surface area contributed by atoms with Gasteiger partial charge in [-0.3, -0.25) is 9.69 Å². The molecular weight excluding hydrogens is 435 g/mol. The summed E-state index contributed by atoms with van der Waals surface area (Å²) >= 11 is 0. The normalized spacial score (nSPS) is 11.6. The molecule has 2 aromatic carbocycles. The lowest BCUT2D eigenvalue weighted by atomic mass is 10.0. The molecule has 1 N–H and O–H groups in total. The maximum atomic E-state index is 13.0. The van der Waals surface area contributed by atoms with Crippen molar-refractivity contribution < 1.29 is 27.4 Å². The Hall–Kier alpha value is -3.33. The molecule has 0 aliphatic rings. The molecule has 0 spiro atoms. The van der Waals surface area contributed by atoms with Crippen LogP contribution in [0.15, 0.2) is 48.5 Å². The Labute approximate surface area is 190 Å². The van der Waals surface area contributed by atoms with Crippen LogP contribution >= 0.6 is 0 Å². The lowest BCUT2D eigenvalue weighted by Crippen LogP contribution is -2.33. The molecule has 33 heavy (non-hydrogen) atoms. The van der Waals surface area contributed by atoms with Crippen molar-refractivity contribution in [2.24, 2.45) is 0 Å². The van der Waals surface area contributed by atoms with Gasteiger partial charge in [0.05, 0.1) is 37.5 Å². The number of nitrogens with one attached hydrogen (secondary N) is 1. The van der Waals surface area contributed by atoms with E-state index in [4.69, 9.17) is 9.47 Å². The number of aromatic nitrogens is 1. The molecule has 0 aliphatic heterocycles. The van der Waals surface area contributed by atoms with E-state index in [1.165, 1.54) is 11.9 Å². The first kappa shape index (κ1) is 24.3. The molecule has 1 aromatic heterocycles. The summed E-state index contributed by atoms with van der Waals surface area (Å²) in [6.07, 6.45) is -3.85. The molecule has 0 aliphatic carbocycles. The molecule has 9 heteroatoms. The lowest BCUT2D eigenvalue weighted by Gasteiger charge is -2.18. The Morgan fingerprint density at radius 1 is 1.06 bits per heavy atom. The average molecular weight is 461 g/mol. The van der Waals surface area contributed by atoms with Crippen LogP contribution in [0.25, 0.3) is 22.2 Å². The number of carbonyl (C=O) groups excluding carboxylic acids is 1. The quantitative estimate of drug-likeness (QED) is 0.475. The van der Waals surface area contributed by atoms with Crippen LogP contribution in [0, 0.1) is 0 Å². The molecule has 0 fully saturated rings. The van der Waals surface area contributed by atoms with Crippen LogP contribution in [0.5, 0.6) is 11.5 Å².